The van der Waals surface area contributed by atoms with Gasteiger partial charge in [-0.05, 0) is 18.8 Å². The van der Waals surface area contributed by atoms with E-state index in [1.807, 2.05) is 6.08 Å². The van der Waals surface area contributed by atoms with E-state index in [9.17, 15) is 10.2 Å². The highest BCUT2D eigenvalue weighted by Gasteiger charge is 2.31. The second-order valence-electron chi connectivity index (χ2n) is 5.38. The van der Waals surface area contributed by atoms with Crippen LogP contribution >= 0.6 is 0 Å². The molecule has 0 radical (unpaired) electrons. The summed E-state index contributed by atoms with van der Waals surface area (Å²) in [5.74, 6) is 0.644. The van der Waals surface area contributed by atoms with Crippen LogP contribution in [0.15, 0.2) is 12.2 Å². The molecule has 0 bridgehead atoms. The first-order valence-corrected chi connectivity index (χ1v) is 6.74. The molecular formula is C14H26O3. The summed E-state index contributed by atoms with van der Waals surface area (Å²) in [6.45, 7) is 0.0713. The van der Waals surface area contributed by atoms with Gasteiger partial charge in [-0.25, -0.2) is 0 Å². The molecule has 1 aliphatic carbocycles. The summed E-state index contributed by atoms with van der Waals surface area (Å²) in [6.07, 6.45) is 11.4. The molecular weight excluding hydrogens is 216 g/mol. The predicted molar refractivity (Wildman–Crippen MR) is 68.6 cm³/mol. The van der Waals surface area contributed by atoms with Crippen molar-refractivity contribution in [2.24, 2.45) is 11.3 Å². The normalized spacial score (nSPS) is 19.0. The fourth-order valence-electron chi connectivity index (χ4n) is 2.80. The highest BCUT2D eigenvalue weighted by Crippen LogP contribution is 2.36. The van der Waals surface area contributed by atoms with E-state index in [4.69, 9.17) is 5.11 Å². The van der Waals surface area contributed by atoms with Crippen LogP contribution in [0, 0.1) is 11.3 Å². The lowest BCUT2D eigenvalue weighted by molar-refractivity contribution is 0.0299. The van der Waals surface area contributed by atoms with Gasteiger partial charge >= 0.3 is 0 Å². The summed E-state index contributed by atoms with van der Waals surface area (Å²) in [5, 5.41) is 27.8. The molecule has 0 heterocycles. The average molecular weight is 242 g/mol. The maximum atomic E-state index is 9.55. The highest BCUT2D eigenvalue weighted by atomic mass is 16.3. The zero-order chi connectivity index (χ0) is 12.6. The monoisotopic (exact) mass is 242 g/mol. The third-order valence-electron chi connectivity index (χ3n) is 3.94. The Labute approximate surface area is 104 Å². The van der Waals surface area contributed by atoms with E-state index < -0.39 is 5.41 Å². The second-order valence-corrected chi connectivity index (χ2v) is 5.38. The summed E-state index contributed by atoms with van der Waals surface area (Å²) in [4.78, 5) is 0. The van der Waals surface area contributed by atoms with Gasteiger partial charge in [0.05, 0.1) is 19.8 Å². The smallest absolute Gasteiger partial charge is 0.0612 e. The third-order valence-corrected chi connectivity index (χ3v) is 3.94. The van der Waals surface area contributed by atoms with Crippen molar-refractivity contribution in [1.29, 1.82) is 0 Å². The zero-order valence-electron chi connectivity index (χ0n) is 10.6. The maximum Gasteiger partial charge on any atom is 0.0612 e. The Bertz CT molecular complexity index is 216. The van der Waals surface area contributed by atoms with Gasteiger partial charge in [-0.2, -0.15) is 0 Å². The fourth-order valence-corrected chi connectivity index (χ4v) is 2.80. The second kappa shape index (κ2) is 7.85. The van der Waals surface area contributed by atoms with Crippen molar-refractivity contribution in [3.63, 3.8) is 0 Å². The molecule has 0 aromatic heterocycles. The lowest BCUT2D eigenvalue weighted by Gasteiger charge is -2.34. The van der Waals surface area contributed by atoms with Gasteiger partial charge in [0, 0.05) is 5.41 Å². The third kappa shape index (κ3) is 4.78. The number of allylic oxidation sites excluding steroid dienone is 1. The summed E-state index contributed by atoms with van der Waals surface area (Å²) >= 11 is 0. The summed E-state index contributed by atoms with van der Waals surface area (Å²) in [5.41, 5.74) is -0.395. The average Bonchev–Trinajstić information content (AvgIpc) is 2.39. The topological polar surface area (TPSA) is 60.7 Å². The van der Waals surface area contributed by atoms with Crippen molar-refractivity contribution in [2.75, 3.05) is 19.8 Å². The Hall–Kier alpha value is -0.380. The van der Waals surface area contributed by atoms with Gasteiger partial charge in [0.15, 0.2) is 0 Å². The van der Waals surface area contributed by atoms with Crippen LogP contribution in [0.4, 0.5) is 0 Å². The Morgan fingerprint density at radius 2 is 1.59 bits per heavy atom. The zero-order valence-corrected chi connectivity index (χ0v) is 10.6. The van der Waals surface area contributed by atoms with E-state index in [1.54, 1.807) is 6.08 Å². The molecule has 17 heavy (non-hydrogen) atoms. The molecule has 0 aromatic rings. The van der Waals surface area contributed by atoms with Crippen molar-refractivity contribution in [3.05, 3.63) is 12.2 Å². The maximum absolute atomic E-state index is 9.55. The van der Waals surface area contributed by atoms with E-state index in [2.05, 4.69) is 0 Å². The van der Waals surface area contributed by atoms with Crippen LogP contribution in [0.3, 0.4) is 0 Å². The Kier molecular flexibility index (Phi) is 6.78. The van der Waals surface area contributed by atoms with Gasteiger partial charge in [0.1, 0.15) is 0 Å². The molecule has 0 spiro atoms. The first-order valence-electron chi connectivity index (χ1n) is 6.74. The molecule has 1 rings (SSSR count). The number of rotatable bonds is 7. The Morgan fingerprint density at radius 1 is 0.941 bits per heavy atom. The molecule has 3 N–H and O–H groups in total. The molecule has 0 aromatic carbocycles. The standard InChI is InChI=1S/C14H26O3/c15-9-5-4-8-14(11-16,12-17)10-13-6-2-1-3-7-13/h4-5,13,15-17H,1-3,6-12H2/b5-4+. The van der Waals surface area contributed by atoms with Crippen molar-refractivity contribution in [2.45, 2.75) is 44.9 Å². The van der Waals surface area contributed by atoms with E-state index in [0.29, 0.717) is 12.3 Å². The molecule has 0 saturated heterocycles. The van der Waals surface area contributed by atoms with Gasteiger partial charge in [-0.3, -0.25) is 0 Å². The van der Waals surface area contributed by atoms with Crippen molar-refractivity contribution < 1.29 is 15.3 Å². The van der Waals surface area contributed by atoms with Crippen molar-refractivity contribution in [1.82, 2.24) is 0 Å². The number of hydrogen-bond acceptors (Lipinski definition) is 3. The quantitative estimate of drug-likeness (QED) is 0.597. The van der Waals surface area contributed by atoms with Crippen LogP contribution in [0.1, 0.15) is 44.9 Å². The summed E-state index contributed by atoms with van der Waals surface area (Å²) < 4.78 is 0. The first-order chi connectivity index (χ1) is 8.26. The van der Waals surface area contributed by atoms with Gasteiger partial charge in [-0.15, -0.1) is 0 Å². The Morgan fingerprint density at radius 3 is 2.12 bits per heavy atom. The van der Waals surface area contributed by atoms with E-state index in [1.165, 1.54) is 32.1 Å². The molecule has 3 heteroatoms. The number of aliphatic hydroxyl groups excluding tert-OH is 3. The van der Waals surface area contributed by atoms with Gasteiger partial charge < -0.3 is 15.3 Å². The van der Waals surface area contributed by atoms with E-state index >= 15 is 0 Å². The van der Waals surface area contributed by atoms with Crippen LogP contribution in [0.2, 0.25) is 0 Å². The van der Waals surface area contributed by atoms with Gasteiger partial charge in [-0.1, -0.05) is 44.3 Å². The van der Waals surface area contributed by atoms with E-state index in [-0.39, 0.29) is 19.8 Å². The molecule has 100 valence electrons. The molecule has 0 atom stereocenters. The summed E-state index contributed by atoms with van der Waals surface area (Å²) in [6, 6.07) is 0. The largest absolute Gasteiger partial charge is 0.396 e. The van der Waals surface area contributed by atoms with Gasteiger partial charge in [0.2, 0.25) is 0 Å². The molecule has 0 unspecified atom stereocenters. The molecule has 1 fully saturated rings. The highest BCUT2D eigenvalue weighted by molar-refractivity contribution is 4.92. The van der Waals surface area contributed by atoms with Crippen LogP contribution in [-0.4, -0.2) is 35.1 Å². The molecule has 3 nitrogen and oxygen atoms in total. The molecule has 0 aliphatic heterocycles. The lowest BCUT2D eigenvalue weighted by Crippen LogP contribution is -2.32. The van der Waals surface area contributed by atoms with Crippen LogP contribution in [0.25, 0.3) is 0 Å². The molecule has 1 saturated carbocycles. The minimum absolute atomic E-state index is 0.0236. The van der Waals surface area contributed by atoms with Crippen LogP contribution in [-0.2, 0) is 0 Å². The lowest BCUT2D eigenvalue weighted by atomic mass is 9.73. The first kappa shape index (κ1) is 14.7. The minimum Gasteiger partial charge on any atom is -0.396 e. The molecule has 0 amide bonds. The van der Waals surface area contributed by atoms with Crippen LogP contribution < -0.4 is 0 Å². The minimum atomic E-state index is -0.395. The fraction of sp³-hybridized carbons (Fsp3) is 0.857. The van der Waals surface area contributed by atoms with E-state index in [0.717, 1.165) is 6.42 Å². The Balaban J connectivity index is 2.52. The predicted octanol–water partition coefficient (Wildman–Crippen LogP) is 1.87. The van der Waals surface area contributed by atoms with Gasteiger partial charge in [0.25, 0.3) is 0 Å². The van der Waals surface area contributed by atoms with Crippen LogP contribution in [0.5, 0.6) is 0 Å². The molecule has 1 aliphatic rings. The SMILES string of the molecule is OC/C=C/CC(CO)(CO)CC1CCCCC1. The number of aliphatic hydroxyl groups is 3. The van der Waals surface area contributed by atoms with Crippen molar-refractivity contribution >= 4 is 0 Å². The van der Waals surface area contributed by atoms with Crippen molar-refractivity contribution in [3.8, 4) is 0 Å². The number of hydrogen-bond donors (Lipinski definition) is 3. The summed E-state index contributed by atoms with van der Waals surface area (Å²) in [7, 11) is 0.